The van der Waals surface area contributed by atoms with Gasteiger partial charge in [-0.2, -0.15) is 0 Å². The molecule has 2 heterocycles. The predicted octanol–water partition coefficient (Wildman–Crippen LogP) is 2.62. The average molecular weight is 239 g/mol. The van der Waals surface area contributed by atoms with Crippen molar-refractivity contribution in [2.45, 2.75) is 6.42 Å². The number of nitrogens with zero attached hydrogens (tertiary/aromatic N) is 2. The molecular formula is C10H7ClN2OS. The molecule has 0 saturated heterocycles. The molecule has 2 aromatic rings. The summed E-state index contributed by atoms with van der Waals surface area (Å²) in [6.07, 6.45) is 3.27. The summed E-state index contributed by atoms with van der Waals surface area (Å²) in [5, 5.41) is 0. The van der Waals surface area contributed by atoms with E-state index in [1.165, 1.54) is 17.7 Å². The van der Waals surface area contributed by atoms with Crippen LogP contribution in [0.15, 0.2) is 30.7 Å². The zero-order valence-corrected chi connectivity index (χ0v) is 9.26. The van der Waals surface area contributed by atoms with Gasteiger partial charge in [0.2, 0.25) is 0 Å². The van der Waals surface area contributed by atoms with Crippen molar-refractivity contribution in [3.05, 3.63) is 45.6 Å². The zero-order valence-electron chi connectivity index (χ0n) is 7.68. The normalized spacial score (nSPS) is 10.2. The number of ketones is 1. The fourth-order valence-electron chi connectivity index (χ4n) is 1.15. The van der Waals surface area contributed by atoms with Crippen molar-refractivity contribution in [3.8, 4) is 0 Å². The van der Waals surface area contributed by atoms with Crippen molar-refractivity contribution in [2.75, 3.05) is 0 Å². The molecule has 3 nitrogen and oxygen atoms in total. The van der Waals surface area contributed by atoms with Crippen LogP contribution in [0, 0.1) is 0 Å². The molecule has 0 unspecified atom stereocenters. The van der Waals surface area contributed by atoms with Gasteiger partial charge in [0.05, 0.1) is 4.34 Å². The quantitative estimate of drug-likeness (QED) is 0.772. The van der Waals surface area contributed by atoms with Crippen LogP contribution in [0.1, 0.15) is 15.4 Å². The van der Waals surface area contributed by atoms with E-state index < -0.39 is 0 Å². The van der Waals surface area contributed by atoms with Crippen LogP contribution < -0.4 is 0 Å². The summed E-state index contributed by atoms with van der Waals surface area (Å²) >= 11 is 7.18. The smallest absolute Gasteiger partial charge is 0.186 e. The zero-order chi connectivity index (χ0) is 10.7. The molecule has 5 heteroatoms. The molecule has 0 aliphatic carbocycles. The number of aromatic nitrogens is 2. The second-order valence-electron chi connectivity index (χ2n) is 2.90. The monoisotopic (exact) mass is 238 g/mol. The Morgan fingerprint density at radius 2 is 2.27 bits per heavy atom. The SMILES string of the molecule is O=C(Cc1ccc(Cl)s1)c1ccncn1. The lowest BCUT2D eigenvalue weighted by Crippen LogP contribution is -2.04. The first-order valence-corrected chi connectivity index (χ1v) is 5.48. The van der Waals surface area contributed by atoms with Crippen LogP contribution in [0.5, 0.6) is 0 Å². The summed E-state index contributed by atoms with van der Waals surface area (Å²) in [7, 11) is 0. The topological polar surface area (TPSA) is 42.9 Å². The lowest BCUT2D eigenvalue weighted by Gasteiger charge is -1.96. The largest absolute Gasteiger partial charge is 0.292 e. The molecule has 0 spiro atoms. The number of Topliss-reactive ketones (excluding diaryl/α,β-unsaturated/α-hetero) is 1. The Balaban J connectivity index is 2.11. The summed E-state index contributed by atoms with van der Waals surface area (Å²) in [4.78, 5) is 20.3. The summed E-state index contributed by atoms with van der Waals surface area (Å²) < 4.78 is 0.695. The van der Waals surface area contributed by atoms with Crippen LogP contribution in [0.3, 0.4) is 0 Å². The summed E-state index contributed by atoms with van der Waals surface area (Å²) in [6, 6.07) is 5.25. The predicted molar refractivity (Wildman–Crippen MR) is 59.4 cm³/mol. The van der Waals surface area contributed by atoms with E-state index in [-0.39, 0.29) is 5.78 Å². The third kappa shape index (κ3) is 2.61. The van der Waals surface area contributed by atoms with E-state index in [1.807, 2.05) is 6.07 Å². The van der Waals surface area contributed by atoms with Crippen LogP contribution in [0.4, 0.5) is 0 Å². The third-order valence-electron chi connectivity index (χ3n) is 1.83. The Bertz CT molecular complexity index is 469. The van der Waals surface area contributed by atoms with Gasteiger partial charge in [-0.1, -0.05) is 11.6 Å². The van der Waals surface area contributed by atoms with Crippen molar-refractivity contribution in [2.24, 2.45) is 0 Å². The molecule has 2 aromatic heterocycles. The molecule has 76 valence electrons. The van der Waals surface area contributed by atoms with Crippen molar-refractivity contribution in [1.82, 2.24) is 9.97 Å². The molecule has 15 heavy (non-hydrogen) atoms. The maximum absolute atomic E-state index is 11.7. The highest BCUT2D eigenvalue weighted by atomic mass is 35.5. The molecule has 0 radical (unpaired) electrons. The molecule has 0 saturated carbocycles. The number of rotatable bonds is 3. The molecule has 0 bridgehead atoms. The van der Waals surface area contributed by atoms with Crippen LogP contribution in [-0.4, -0.2) is 15.8 Å². The van der Waals surface area contributed by atoms with Gasteiger partial charge in [0.15, 0.2) is 5.78 Å². The van der Waals surface area contributed by atoms with Crippen LogP contribution in [0.2, 0.25) is 4.34 Å². The van der Waals surface area contributed by atoms with Crippen LogP contribution >= 0.6 is 22.9 Å². The molecule has 0 aliphatic heterocycles. The summed E-state index contributed by atoms with van der Waals surface area (Å²) in [5.41, 5.74) is 0.439. The summed E-state index contributed by atoms with van der Waals surface area (Å²) in [5.74, 6) is -0.0177. The highest BCUT2D eigenvalue weighted by Gasteiger charge is 2.09. The molecule has 0 aliphatic rings. The average Bonchev–Trinajstić information content (AvgIpc) is 2.65. The van der Waals surface area contributed by atoms with Crippen molar-refractivity contribution < 1.29 is 4.79 Å². The minimum Gasteiger partial charge on any atom is -0.292 e. The first-order chi connectivity index (χ1) is 7.25. The van der Waals surface area contributed by atoms with Crippen LogP contribution in [-0.2, 0) is 6.42 Å². The lowest BCUT2D eigenvalue weighted by atomic mass is 10.2. The van der Waals surface area contributed by atoms with E-state index in [0.29, 0.717) is 16.5 Å². The molecule has 0 fully saturated rings. The van der Waals surface area contributed by atoms with E-state index in [2.05, 4.69) is 9.97 Å². The first-order valence-electron chi connectivity index (χ1n) is 4.29. The molecule has 0 atom stereocenters. The van der Waals surface area contributed by atoms with Crippen LogP contribution in [0.25, 0.3) is 0 Å². The van der Waals surface area contributed by atoms with Gasteiger partial charge in [-0.15, -0.1) is 11.3 Å². The number of carbonyl (C=O) groups is 1. The van der Waals surface area contributed by atoms with Crippen molar-refractivity contribution in [1.29, 1.82) is 0 Å². The second-order valence-corrected chi connectivity index (χ2v) is 4.70. The lowest BCUT2D eigenvalue weighted by molar-refractivity contribution is 0.0989. The highest BCUT2D eigenvalue weighted by molar-refractivity contribution is 7.16. The number of carbonyl (C=O) groups excluding carboxylic acids is 1. The van der Waals surface area contributed by atoms with Gasteiger partial charge in [-0.3, -0.25) is 4.79 Å². The molecule has 0 N–H and O–H groups in total. The van der Waals surface area contributed by atoms with Gasteiger partial charge < -0.3 is 0 Å². The molecule has 0 amide bonds. The van der Waals surface area contributed by atoms with Gasteiger partial charge in [-0.05, 0) is 18.2 Å². The Hall–Kier alpha value is -1.26. The minimum atomic E-state index is -0.0177. The molecule has 0 aromatic carbocycles. The van der Waals surface area contributed by atoms with Crippen molar-refractivity contribution >= 4 is 28.7 Å². The van der Waals surface area contributed by atoms with E-state index in [1.54, 1.807) is 18.3 Å². The number of hydrogen-bond acceptors (Lipinski definition) is 4. The Labute approximate surface area is 95.8 Å². The van der Waals surface area contributed by atoms with Gasteiger partial charge in [-0.25, -0.2) is 9.97 Å². The Kier molecular flexibility index (Phi) is 3.08. The first kappa shape index (κ1) is 10.3. The maximum atomic E-state index is 11.7. The third-order valence-corrected chi connectivity index (χ3v) is 3.06. The van der Waals surface area contributed by atoms with Gasteiger partial charge >= 0.3 is 0 Å². The van der Waals surface area contributed by atoms with Gasteiger partial charge in [0.25, 0.3) is 0 Å². The molecular weight excluding hydrogens is 232 g/mol. The fourth-order valence-corrected chi connectivity index (χ4v) is 2.24. The number of thiophene rings is 1. The van der Waals surface area contributed by atoms with Gasteiger partial charge in [0, 0.05) is 17.5 Å². The second kappa shape index (κ2) is 4.51. The fraction of sp³-hybridized carbons (Fsp3) is 0.100. The standard InChI is InChI=1S/C10H7ClN2OS/c11-10-2-1-7(15-10)5-9(14)8-3-4-12-6-13-8/h1-4,6H,5H2. The number of halogens is 1. The number of hydrogen-bond donors (Lipinski definition) is 0. The Morgan fingerprint density at radius 3 is 2.87 bits per heavy atom. The van der Waals surface area contributed by atoms with E-state index in [9.17, 15) is 4.79 Å². The van der Waals surface area contributed by atoms with E-state index >= 15 is 0 Å². The highest BCUT2D eigenvalue weighted by Crippen LogP contribution is 2.22. The minimum absolute atomic E-state index is 0.0177. The maximum Gasteiger partial charge on any atom is 0.186 e. The van der Waals surface area contributed by atoms with E-state index in [4.69, 9.17) is 11.6 Å². The van der Waals surface area contributed by atoms with Crippen molar-refractivity contribution in [3.63, 3.8) is 0 Å². The molecule has 2 rings (SSSR count). The van der Waals surface area contributed by atoms with Gasteiger partial charge in [0.1, 0.15) is 12.0 Å². The Morgan fingerprint density at radius 1 is 1.40 bits per heavy atom. The van der Waals surface area contributed by atoms with E-state index in [0.717, 1.165) is 4.88 Å². The summed E-state index contributed by atoms with van der Waals surface area (Å²) in [6.45, 7) is 0.